The third-order valence-corrected chi connectivity index (χ3v) is 1.62. The van der Waals surface area contributed by atoms with Gasteiger partial charge in [-0.2, -0.15) is 0 Å². The fourth-order valence-electron chi connectivity index (χ4n) is 1.19. The Balaban J connectivity index is 2.38. The summed E-state index contributed by atoms with van der Waals surface area (Å²) in [6, 6.07) is 0. The zero-order chi connectivity index (χ0) is 9.14. The van der Waals surface area contributed by atoms with Crippen LogP contribution in [-0.4, -0.2) is 40.0 Å². The molecule has 6 nitrogen and oxygen atoms in total. The maximum absolute atomic E-state index is 10.1. The van der Waals surface area contributed by atoms with Gasteiger partial charge in [0.15, 0.2) is 0 Å². The first-order valence-electron chi connectivity index (χ1n) is 3.59. The van der Waals surface area contributed by atoms with E-state index in [1.807, 2.05) is 0 Å². The zero-order valence-electron chi connectivity index (χ0n) is 6.30. The molecule has 1 heterocycles. The fraction of sp³-hybridized carbons (Fsp3) is 0.833. The maximum Gasteiger partial charge on any atom is 0.506 e. The van der Waals surface area contributed by atoms with Crippen molar-refractivity contribution in [1.82, 2.24) is 5.32 Å². The minimum Gasteiger partial charge on any atom is -0.450 e. The van der Waals surface area contributed by atoms with Crippen molar-refractivity contribution in [2.75, 3.05) is 0 Å². The standard InChI is InChI=1S/C6H11NO5/c8-4-1-3(12-6(10)11)2-5(9)7-4/h3-5,7-9H,1-2H2,(H,10,11). The van der Waals surface area contributed by atoms with E-state index in [-0.39, 0.29) is 12.8 Å². The minimum atomic E-state index is -1.39. The van der Waals surface area contributed by atoms with E-state index in [2.05, 4.69) is 10.1 Å². The summed E-state index contributed by atoms with van der Waals surface area (Å²) in [6.07, 6.45) is -3.49. The molecule has 1 aliphatic heterocycles. The van der Waals surface area contributed by atoms with Crippen LogP contribution in [0.2, 0.25) is 0 Å². The van der Waals surface area contributed by atoms with Crippen LogP contribution in [0.4, 0.5) is 4.79 Å². The fourth-order valence-corrected chi connectivity index (χ4v) is 1.19. The molecule has 70 valence electrons. The molecule has 6 heteroatoms. The summed E-state index contributed by atoms with van der Waals surface area (Å²) in [5.74, 6) is 0. The van der Waals surface area contributed by atoms with Crippen LogP contribution in [-0.2, 0) is 4.74 Å². The number of rotatable bonds is 1. The van der Waals surface area contributed by atoms with Crippen LogP contribution < -0.4 is 5.32 Å². The van der Waals surface area contributed by atoms with Crippen LogP contribution in [0.25, 0.3) is 0 Å². The SMILES string of the molecule is O=C(O)OC1CC(O)NC(O)C1. The minimum absolute atomic E-state index is 0.170. The molecule has 12 heavy (non-hydrogen) atoms. The number of hydrogen-bond acceptors (Lipinski definition) is 5. The van der Waals surface area contributed by atoms with Gasteiger partial charge in [0.2, 0.25) is 0 Å². The van der Waals surface area contributed by atoms with Crippen LogP contribution >= 0.6 is 0 Å². The highest BCUT2D eigenvalue weighted by atomic mass is 16.7. The Morgan fingerprint density at radius 2 is 1.83 bits per heavy atom. The van der Waals surface area contributed by atoms with Crippen molar-refractivity contribution in [2.24, 2.45) is 0 Å². The lowest BCUT2D eigenvalue weighted by Crippen LogP contribution is -2.48. The second kappa shape index (κ2) is 3.70. The lowest BCUT2D eigenvalue weighted by molar-refractivity contribution is -0.0645. The molecule has 2 atom stereocenters. The van der Waals surface area contributed by atoms with Crippen molar-refractivity contribution in [3.8, 4) is 0 Å². The predicted octanol–water partition coefficient (Wildman–Crippen LogP) is -0.930. The maximum atomic E-state index is 10.1. The molecule has 2 unspecified atom stereocenters. The normalized spacial score (nSPS) is 36.0. The molecule has 0 bridgehead atoms. The number of aliphatic hydroxyl groups is 2. The second-order valence-electron chi connectivity index (χ2n) is 2.68. The predicted molar refractivity (Wildman–Crippen MR) is 37.3 cm³/mol. The number of nitrogens with one attached hydrogen (secondary N) is 1. The zero-order valence-corrected chi connectivity index (χ0v) is 6.30. The van der Waals surface area contributed by atoms with Crippen LogP contribution in [0, 0.1) is 0 Å². The van der Waals surface area contributed by atoms with Gasteiger partial charge in [-0.15, -0.1) is 0 Å². The van der Waals surface area contributed by atoms with E-state index in [0.717, 1.165) is 0 Å². The Kier molecular flexibility index (Phi) is 2.85. The number of hydrogen-bond donors (Lipinski definition) is 4. The summed E-state index contributed by atoms with van der Waals surface area (Å²) in [5.41, 5.74) is 0. The third-order valence-electron chi connectivity index (χ3n) is 1.62. The van der Waals surface area contributed by atoms with Gasteiger partial charge in [-0.3, -0.25) is 5.32 Å². The number of piperidine rings is 1. The van der Waals surface area contributed by atoms with E-state index < -0.39 is 24.7 Å². The Hall–Kier alpha value is -0.850. The van der Waals surface area contributed by atoms with Crippen LogP contribution in [0.1, 0.15) is 12.8 Å². The molecule has 0 amide bonds. The Morgan fingerprint density at radius 1 is 1.33 bits per heavy atom. The molecule has 0 aromatic carbocycles. The van der Waals surface area contributed by atoms with Gasteiger partial charge in [-0.25, -0.2) is 4.79 Å². The van der Waals surface area contributed by atoms with Crippen molar-refractivity contribution in [2.45, 2.75) is 31.4 Å². The van der Waals surface area contributed by atoms with Gasteiger partial charge in [-0.1, -0.05) is 0 Å². The number of carbonyl (C=O) groups is 1. The van der Waals surface area contributed by atoms with Gasteiger partial charge in [0.1, 0.15) is 18.6 Å². The molecule has 1 fully saturated rings. The van der Waals surface area contributed by atoms with Crippen molar-refractivity contribution in [3.63, 3.8) is 0 Å². The van der Waals surface area contributed by atoms with Crippen LogP contribution in [0.5, 0.6) is 0 Å². The quantitative estimate of drug-likeness (QED) is 0.386. The molecule has 4 N–H and O–H groups in total. The molecule has 0 radical (unpaired) electrons. The molecule has 0 aromatic rings. The number of ether oxygens (including phenoxy) is 1. The van der Waals surface area contributed by atoms with Gasteiger partial charge in [0.05, 0.1) is 0 Å². The molecule has 1 rings (SSSR count). The van der Waals surface area contributed by atoms with Crippen molar-refractivity contribution in [3.05, 3.63) is 0 Å². The van der Waals surface area contributed by atoms with Gasteiger partial charge < -0.3 is 20.1 Å². The average molecular weight is 177 g/mol. The first kappa shape index (κ1) is 9.24. The molecular weight excluding hydrogens is 166 g/mol. The summed E-state index contributed by atoms with van der Waals surface area (Å²) < 4.78 is 4.39. The lowest BCUT2D eigenvalue weighted by atomic mass is 10.1. The molecule has 0 aliphatic carbocycles. The highest BCUT2D eigenvalue weighted by molar-refractivity contribution is 5.57. The summed E-state index contributed by atoms with van der Waals surface area (Å²) in [6.45, 7) is 0. The van der Waals surface area contributed by atoms with E-state index in [1.165, 1.54) is 0 Å². The second-order valence-corrected chi connectivity index (χ2v) is 2.68. The topological polar surface area (TPSA) is 99.0 Å². The van der Waals surface area contributed by atoms with Gasteiger partial charge in [-0.05, 0) is 0 Å². The Bertz CT molecular complexity index is 163. The lowest BCUT2D eigenvalue weighted by Gasteiger charge is -2.29. The highest BCUT2D eigenvalue weighted by Gasteiger charge is 2.27. The van der Waals surface area contributed by atoms with Crippen molar-refractivity contribution >= 4 is 6.16 Å². The van der Waals surface area contributed by atoms with Crippen molar-refractivity contribution < 1.29 is 24.9 Å². The summed E-state index contributed by atoms with van der Waals surface area (Å²) >= 11 is 0. The molecule has 0 saturated carbocycles. The van der Waals surface area contributed by atoms with E-state index in [1.54, 1.807) is 0 Å². The smallest absolute Gasteiger partial charge is 0.450 e. The Morgan fingerprint density at radius 3 is 2.25 bits per heavy atom. The molecule has 1 saturated heterocycles. The molecule has 0 aromatic heterocycles. The Labute approximate surface area is 68.8 Å². The average Bonchev–Trinajstić information content (AvgIpc) is 1.81. The summed E-state index contributed by atoms with van der Waals surface area (Å²) in [7, 11) is 0. The first-order chi connectivity index (χ1) is 5.58. The third kappa shape index (κ3) is 2.65. The van der Waals surface area contributed by atoms with Crippen LogP contribution in [0.3, 0.4) is 0 Å². The summed E-state index contributed by atoms with van der Waals surface area (Å²) in [5, 5.41) is 28.7. The number of aliphatic hydroxyl groups excluding tert-OH is 2. The van der Waals surface area contributed by atoms with Gasteiger partial charge in [0, 0.05) is 12.8 Å². The van der Waals surface area contributed by atoms with Gasteiger partial charge in [0.25, 0.3) is 0 Å². The monoisotopic (exact) mass is 177 g/mol. The van der Waals surface area contributed by atoms with E-state index >= 15 is 0 Å². The number of carboxylic acid groups (broad SMARTS) is 1. The molecule has 1 aliphatic rings. The van der Waals surface area contributed by atoms with E-state index in [0.29, 0.717) is 0 Å². The van der Waals surface area contributed by atoms with Crippen molar-refractivity contribution in [1.29, 1.82) is 0 Å². The van der Waals surface area contributed by atoms with E-state index in [9.17, 15) is 4.79 Å². The first-order valence-corrected chi connectivity index (χ1v) is 3.59. The van der Waals surface area contributed by atoms with Crippen LogP contribution in [0.15, 0.2) is 0 Å². The van der Waals surface area contributed by atoms with E-state index in [4.69, 9.17) is 15.3 Å². The summed E-state index contributed by atoms with van der Waals surface area (Å²) in [4.78, 5) is 10.1. The van der Waals surface area contributed by atoms with Gasteiger partial charge >= 0.3 is 6.16 Å². The molecular formula is C6H11NO5. The highest BCUT2D eigenvalue weighted by Crippen LogP contribution is 2.14. The molecule has 0 spiro atoms. The largest absolute Gasteiger partial charge is 0.506 e.